The monoisotopic (exact) mass is 194 g/mol. The number of nitrogens with zero attached hydrogens (tertiary/aromatic N) is 2. The molecule has 1 amide bonds. The van der Waals surface area contributed by atoms with Gasteiger partial charge in [0.1, 0.15) is 5.56 Å². The van der Waals surface area contributed by atoms with Crippen LogP contribution in [0.1, 0.15) is 23.0 Å². The summed E-state index contributed by atoms with van der Waals surface area (Å²) in [6, 6.07) is 0. The molecule has 2 rings (SSSR count). The van der Waals surface area contributed by atoms with Gasteiger partial charge in [0.25, 0.3) is 5.91 Å². The smallest absolute Gasteiger partial charge is 0.259 e. The fourth-order valence-electron chi connectivity index (χ4n) is 1.35. The summed E-state index contributed by atoms with van der Waals surface area (Å²) in [6.45, 7) is 2.65. The van der Waals surface area contributed by atoms with E-state index in [0.29, 0.717) is 24.4 Å². The van der Waals surface area contributed by atoms with Gasteiger partial charge in [-0.2, -0.15) is 4.98 Å². The molecule has 1 aliphatic heterocycles. The lowest BCUT2D eigenvalue weighted by Gasteiger charge is -2.05. The van der Waals surface area contributed by atoms with Gasteiger partial charge in [0.05, 0.1) is 18.8 Å². The van der Waals surface area contributed by atoms with Gasteiger partial charge in [0.2, 0.25) is 11.8 Å². The second-order valence-corrected chi connectivity index (χ2v) is 2.82. The van der Waals surface area contributed by atoms with Gasteiger partial charge in [-0.3, -0.25) is 4.79 Å². The lowest BCUT2D eigenvalue weighted by Crippen LogP contribution is -2.14. The number of carbonyl (C=O) groups is 1. The number of carbonyl (C=O) groups excluding carboxylic acids is 1. The summed E-state index contributed by atoms with van der Waals surface area (Å²) in [6.07, 6.45) is 0. The predicted octanol–water partition coefficient (Wildman–Crippen LogP) is -0.299. The van der Waals surface area contributed by atoms with Gasteiger partial charge in [-0.15, -0.1) is 0 Å². The van der Waals surface area contributed by atoms with Crippen molar-refractivity contribution in [3.8, 4) is 5.88 Å². The van der Waals surface area contributed by atoms with Crippen LogP contribution in [0.15, 0.2) is 0 Å². The average Bonchev–Trinajstić information content (AvgIpc) is 2.48. The average molecular weight is 194 g/mol. The molecule has 0 saturated carbocycles. The maximum Gasteiger partial charge on any atom is 0.259 e. The van der Waals surface area contributed by atoms with E-state index in [1.165, 1.54) is 0 Å². The number of nitrogens with two attached hydrogens (primary N) is 1. The summed E-state index contributed by atoms with van der Waals surface area (Å²) in [4.78, 5) is 19.2. The Morgan fingerprint density at radius 1 is 1.57 bits per heavy atom. The van der Waals surface area contributed by atoms with Crippen LogP contribution in [-0.2, 0) is 6.54 Å². The molecule has 0 unspecified atom stereocenters. The van der Waals surface area contributed by atoms with E-state index in [0.717, 1.165) is 0 Å². The van der Waals surface area contributed by atoms with Crippen molar-refractivity contribution in [3.05, 3.63) is 11.3 Å². The molecule has 0 fully saturated rings. The van der Waals surface area contributed by atoms with E-state index < -0.39 is 0 Å². The minimum Gasteiger partial charge on any atom is -0.477 e. The number of rotatable bonds is 2. The lowest BCUT2D eigenvalue weighted by molar-refractivity contribution is 0.0962. The Morgan fingerprint density at radius 3 is 3.07 bits per heavy atom. The summed E-state index contributed by atoms with van der Waals surface area (Å²) in [5.74, 6) is 0.192. The second kappa shape index (κ2) is 3.13. The summed E-state index contributed by atoms with van der Waals surface area (Å²) in [5, 5.41) is 2.63. The molecular weight excluding hydrogens is 184 g/mol. The molecule has 0 radical (unpaired) electrons. The van der Waals surface area contributed by atoms with Crippen LogP contribution < -0.4 is 15.8 Å². The number of amides is 1. The Labute approximate surface area is 80.5 Å². The highest BCUT2D eigenvalue weighted by molar-refractivity contribution is 5.99. The van der Waals surface area contributed by atoms with Gasteiger partial charge in [-0.1, -0.05) is 0 Å². The van der Waals surface area contributed by atoms with Crippen molar-refractivity contribution < 1.29 is 9.53 Å². The Balaban J connectivity index is 2.53. The molecule has 1 aromatic rings. The predicted molar refractivity (Wildman–Crippen MR) is 48.8 cm³/mol. The summed E-state index contributed by atoms with van der Waals surface area (Å²) in [7, 11) is 0. The first-order valence-electron chi connectivity index (χ1n) is 4.29. The van der Waals surface area contributed by atoms with E-state index in [1.807, 2.05) is 6.92 Å². The maximum atomic E-state index is 11.4. The first-order chi connectivity index (χ1) is 6.72. The molecule has 0 spiro atoms. The van der Waals surface area contributed by atoms with Gasteiger partial charge < -0.3 is 15.8 Å². The minimum absolute atomic E-state index is 0.128. The molecule has 0 aliphatic carbocycles. The third kappa shape index (κ3) is 1.24. The minimum atomic E-state index is -0.205. The summed E-state index contributed by atoms with van der Waals surface area (Å²) >= 11 is 0. The van der Waals surface area contributed by atoms with E-state index >= 15 is 0 Å². The number of anilines is 1. The van der Waals surface area contributed by atoms with Crippen LogP contribution in [0.4, 0.5) is 5.95 Å². The molecule has 74 valence electrons. The van der Waals surface area contributed by atoms with Crippen molar-refractivity contribution in [3.63, 3.8) is 0 Å². The molecule has 0 bridgehead atoms. The molecule has 0 atom stereocenters. The zero-order valence-corrected chi connectivity index (χ0v) is 7.70. The molecule has 0 aromatic carbocycles. The Hall–Kier alpha value is -1.85. The second-order valence-electron chi connectivity index (χ2n) is 2.82. The Morgan fingerprint density at radius 2 is 2.36 bits per heavy atom. The van der Waals surface area contributed by atoms with E-state index in [9.17, 15) is 4.79 Å². The summed E-state index contributed by atoms with van der Waals surface area (Å²) in [5.41, 5.74) is 6.47. The van der Waals surface area contributed by atoms with Crippen LogP contribution in [0.3, 0.4) is 0 Å². The number of nitrogen functional groups attached to an aromatic ring is 1. The van der Waals surface area contributed by atoms with Crippen LogP contribution in [0.5, 0.6) is 5.88 Å². The molecular formula is C8H10N4O2. The fourth-order valence-corrected chi connectivity index (χ4v) is 1.35. The summed E-state index contributed by atoms with van der Waals surface area (Å²) < 4.78 is 5.21. The van der Waals surface area contributed by atoms with Crippen LogP contribution in [0.25, 0.3) is 0 Å². The van der Waals surface area contributed by atoms with Gasteiger partial charge in [0, 0.05) is 0 Å². The topological polar surface area (TPSA) is 90.1 Å². The zero-order valence-electron chi connectivity index (χ0n) is 7.70. The number of ether oxygens (including phenoxy) is 1. The van der Waals surface area contributed by atoms with Crippen molar-refractivity contribution in [1.82, 2.24) is 15.3 Å². The highest BCUT2D eigenvalue weighted by atomic mass is 16.5. The molecule has 3 N–H and O–H groups in total. The van der Waals surface area contributed by atoms with Crippen molar-refractivity contribution >= 4 is 11.9 Å². The molecule has 1 aliphatic rings. The van der Waals surface area contributed by atoms with Crippen molar-refractivity contribution in [2.45, 2.75) is 13.5 Å². The zero-order chi connectivity index (χ0) is 10.1. The Bertz CT molecular complexity index is 391. The van der Waals surface area contributed by atoms with Crippen LogP contribution in [-0.4, -0.2) is 22.5 Å². The van der Waals surface area contributed by atoms with E-state index in [4.69, 9.17) is 10.5 Å². The molecule has 6 nitrogen and oxygen atoms in total. The van der Waals surface area contributed by atoms with E-state index in [2.05, 4.69) is 15.3 Å². The van der Waals surface area contributed by atoms with E-state index in [1.54, 1.807) is 0 Å². The first kappa shape index (κ1) is 8.74. The van der Waals surface area contributed by atoms with E-state index in [-0.39, 0.29) is 17.7 Å². The molecule has 0 saturated heterocycles. The highest BCUT2D eigenvalue weighted by Crippen LogP contribution is 2.23. The number of fused-ring (bicyclic) bond motifs is 1. The van der Waals surface area contributed by atoms with Crippen molar-refractivity contribution in [2.24, 2.45) is 0 Å². The molecule has 6 heteroatoms. The normalized spacial score (nSPS) is 13.6. The number of hydrogen-bond donors (Lipinski definition) is 2. The largest absolute Gasteiger partial charge is 0.477 e. The number of hydrogen-bond acceptors (Lipinski definition) is 5. The third-order valence-electron chi connectivity index (χ3n) is 1.89. The first-order valence-corrected chi connectivity index (χ1v) is 4.29. The van der Waals surface area contributed by atoms with Gasteiger partial charge in [-0.05, 0) is 6.92 Å². The Kier molecular flexibility index (Phi) is 1.95. The SMILES string of the molecule is CCOc1nc(N)nc2c1C(=O)NC2. The van der Waals surface area contributed by atoms with Crippen LogP contribution >= 0.6 is 0 Å². The standard InChI is InChI=1S/C8H10N4O2/c1-2-14-7-5-4(3-10-6(5)13)11-8(9)12-7/h2-3H2,1H3,(H,10,13)(H2,9,11,12). The maximum absolute atomic E-state index is 11.4. The van der Waals surface area contributed by atoms with Crippen LogP contribution in [0, 0.1) is 0 Å². The lowest BCUT2D eigenvalue weighted by atomic mass is 10.2. The van der Waals surface area contributed by atoms with Gasteiger partial charge >= 0.3 is 0 Å². The molecule has 1 aromatic heterocycles. The van der Waals surface area contributed by atoms with Gasteiger partial charge in [0.15, 0.2) is 0 Å². The fraction of sp³-hybridized carbons (Fsp3) is 0.375. The van der Waals surface area contributed by atoms with Gasteiger partial charge in [-0.25, -0.2) is 4.98 Å². The van der Waals surface area contributed by atoms with Crippen LogP contribution in [0.2, 0.25) is 0 Å². The highest BCUT2D eigenvalue weighted by Gasteiger charge is 2.26. The molecule has 2 heterocycles. The quantitative estimate of drug-likeness (QED) is 0.674. The number of nitrogens with one attached hydrogen (secondary N) is 1. The van der Waals surface area contributed by atoms with Crippen molar-refractivity contribution in [2.75, 3.05) is 12.3 Å². The number of aromatic nitrogens is 2. The molecule has 14 heavy (non-hydrogen) atoms. The van der Waals surface area contributed by atoms with Crippen molar-refractivity contribution in [1.29, 1.82) is 0 Å². The third-order valence-corrected chi connectivity index (χ3v) is 1.89.